The van der Waals surface area contributed by atoms with Crippen LogP contribution in [0.1, 0.15) is 15.5 Å². The molecule has 0 aromatic carbocycles. The van der Waals surface area contributed by atoms with E-state index >= 15 is 0 Å². The molecule has 124 valence electrons. The highest BCUT2D eigenvalue weighted by atomic mass is 79.9. The maximum atomic E-state index is 11.9. The minimum Gasteiger partial charge on any atom is -0.368 e. The highest BCUT2D eigenvalue weighted by Crippen LogP contribution is 2.19. The SMILES string of the molecule is Cc1nc(NCCNC(=O)c2cc(Br)cs2)cc(-n2cccn2)n1. The van der Waals surface area contributed by atoms with Crippen molar-refractivity contribution in [2.45, 2.75) is 6.92 Å². The zero-order chi connectivity index (χ0) is 16.9. The monoisotopic (exact) mass is 406 g/mol. The van der Waals surface area contributed by atoms with Crippen molar-refractivity contribution < 1.29 is 4.79 Å². The Morgan fingerprint density at radius 2 is 2.21 bits per heavy atom. The van der Waals surface area contributed by atoms with E-state index in [1.165, 1.54) is 11.3 Å². The van der Waals surface area contributed by atoms with E-state index in [0.717, 1.165) is 4.47 Å². The average molecular weight is 407 g/mol. The van der Waals surface area contributed by atoms with E-state index in [4.69, 9.17) is 0 Å². The van der Waals surface area contributed by atoms with E-state index in [1.54, 1.807) is 16.9 Å². The fraction of sp³-hybridized carbons (Fsp3) is 0.200. The van der Waals surface area contributed by atoms with Gasteiger partial charge in [0.25, 0.3) is 5.91 Å². The molecule has 7 nitrogen and oxygen atoms in total. The van der Waals surface area contributed by atoms with Gasteiger partial charge in [0.2, 0.25) is 0 Å². The van der Waals surface area contributed by atoms with Crippen LogP contribution in [0.15, 0.2) is 40.4 Å². The van der Waals surface area contributed by atoms with Crippen LogP contribution in [-0.4, -0.2) is 38.7 Å². The summed E-state index contributed by atoms with van der Waals surface area (Å²) in [6.07, 6.45) is 3.52. The van der Waals surface area contributed by atoms with Crippen LogP contribution in [0.5, 0.6) is 0 Å². The number of aromatic nitrogens is 4. The third-order valence-corrected chi connectivity index (χ3v) is 4.76. The van der Waals surface area contributed by atoms with Crippen molar-refractivity contribution in [2.75, 3.05) is 18.4 Å². The summed E-state index contributed by atoms with van der Waals surface area (Å²) in [5.41, 5.74) is 0. The molecule has 24 heavy (non-hydrogen) atoms. The summed E-state index contributed by atoms with van der Waals surface area (Å²) >= 11 is 4.74. The number of carbonyl (C=O) groups excluding carboxylic acids is 1. The molecule has 0 fully saturated rings. The quantitative estimate of drug-likeness (QED) is 0.614. The Balaban J connectivity index is 1.54. The number of nitrogens with zero attached hydrogens (tertiary/aromatic N) is 4. The molecule has 0 aliphatic rings. The summed E-state index contributed by atoms with van der Waals surface area (Å²) in [6, 6.07) is 5.46. The molecule has 3 aromatic heterocycles. The Hall–Kier alpha value is -2.26. The minimum absolute atomic E-state index is 0.0800. The number of anilines is 1. The lowest BCUT2D eigenvalue weighted by atomic mass is 10.4. The summed E-state index contributed by atoms with van der Waals surface area (Å²) in [4.78, 5) is 21.3. The number of thiophene rings is 1. The third kappa shape index (κ3) is 4.18. The number of rotatable bonds is 6. The zero-order valence-electron chi connectivity index (χ0n) is 12.9. The second-order valence-electron chi connectivity index (χ2n) is 4.92. The van der Waals surface area contributed by atoms with Crippen molar-refractivity contribution in [3.05, 3.63) is 51.1 Å². The largest absolute Gasteiger partial charge is 0.368 e. The van der Waals surface area contributed by atoms with Crippen molar-refractivity contribution in [2.24, 2.45) is 0 Å². The van der Waals surface area contributed by atoms with E-state index in [0.29, 0.717) is 35.4 Å². The van der Waals surface area contributed by atoms with E-state index in [2.05, 4.69) is 41.6 Å². The highest BCUT2D eigenvalue weighted by molar-refractivity contribution is 9.10. The maximum Gasteiger partial charge on any atom is 0.261 e. The summed E-state index contributed by atoms with van der Waals surface area (Å²) in [5, 5.41) is 12.1. The fourth-order valence-corrected chi connectivity index (χ4v) is 3.39. The summed E-state index contributed by atoms with van der Waals surface area (Å²) in [5.74, 6) is 1.96. The molecule has 0 radical (unpaired) electrons. The van der Waals surface area contributed by atoms with Gasteiger partial charge in [0.15, 0.2) is 5.82 Å². The minimum atomic E-state index is -0.0800. The van der Waals surface area contributed by atoms with Gasteiger partial charge in [-0.05, 0) is 35.0 Å². The van der Waals surface area contributed by atoms with Gasteiger partial charge in [-0.1, -0.05) is 0 Å². The third-order valence-electron chi connectivity index (χ3n) is 3.07. The molecule has 3 heterocycles. The van der Waals surface area contributed by atoms with E-state index in [1.807, 2.05) is 30.6 Å². The van der Waals surface area contributed by atoms with Gasteiger partial charge < -0.3 is 10.6 Å². The Morgan fingerprint density at radius 1 is 1.33 bits per heavy atom. The first-order valence-electron chi connectivity index (χ1n) is 7.23. The summed E-state index contributed by atoms with van der Waals surface area (Å²) in [6.45, 7) is 2.89. The standard InChI is InChI=1S/C15H15BrN6OS/c1-10-20-13(8-14(21-10)22-6-2-3-19-22)17-4-5-18-15(23)12-7-11(16)9-24-12/h2-3,6-9H,4-5H2,1H3,(H,18,23)(H,17,20,21). The fourth-order valence-electron chi connectivity index (χ4n) is 2.05. The first-order valence-corrected chi connectivity index (χ1v) is 8.91. The molecular formula is C15H15BrN6OS. The van der Waals surface area contributed by atoms with Gasteiger partial charge in [-0.2, -0.15) is 5.10 Å². The Labute approximate surface area is 151 Å². The average Bonchev–Trinajstić information content (AvgIpc) is 3.22. The van der Waals surface area contributed by atoms with Crippen LogP contribution in [-0.2, 0) is 0 Å². The lowest BCUT2D eigenvalue weighted by Gasteiger charge is -2.09. The molecule has 0 saturated heterocycles. The number of hydrogen-bond donors (Lipinski definition) is 2. The number of aryl methyl sites for hydroxylation is 1. The van der Waals surface area contributed by atoms with Gasteiger partial charge in [-0.3, -0.25) is 4.79 Å². The molecule has 2 N–H and O–H groups in total. The maximum absolute atomic E-state index is 11.9. The molecule has 0 bridgehead atoms. The lowest BCUT2D eigenvalue weighted by molar-refractivity contribution is 0.0959. The second-order valence-corrected chi connectivity index (χ2v) is 6.75. The van der Waals surface area contributed by atoms with E-state index in [9.17, 15) is 4.79 Å². The molecule has 0 aliphatic heterocycles. The molecule has 0 saturated carbocycles. The van der Waals surface area contributed by atoms with Gasteiger partial charge in [0.1, 0.15) is 11.6 Å². The van der Waals surface area contributed by atoms with Crippen molar-refractivity contribution in [1.82, 2.24) is 25.1 Å². The topological polar surface area (TPSA) is 84.7 Å². The van der Waals surface area contributed by atoms with Gasteiger partial charge in [0.05, 0.1) is 4.88 Å². The second kappa shape index (κ2) is 7.54. The zero-order valence-corrected chi connectivity index (χ0v) is 15.3. The molecule has 1 amide bonds. The van der Waals surface area contributed by atoms with Crippen LogP contribution in [0, 0.1) is 6.92 Å². The Morgan fingerprint density at radius 3 is 2.92 bits per heavy atom. The first-order chi connectivity index (χ1) is 11.6. The molecule has 0 atom stereocenters. The van der Waals surface area contributed by atoms with Crippen LogP contribution in [0.3, 0.4) is 0 Å². The van der Waals surface area contributed by atoms with Gasteiger partial charge in [-0.25, -0.2) is 14.6 Å². The molecule has 0 unspecified atom stereocenters. The Bertz CT molecular complexity index is 832. The van der Waals surface area contributed by atoms with Crippen molar-refractivity contribution in [3.63, 3.8) is 0 Å². The smallest absolute Gasteiger partial charge is 0.261 e. The predicted molar refractivity (Wildman–Crippen MR) is 96.7 cm³/mol. The van der Waals surface area contributed by atoms with Crippen LogP contribution in [0.2, 0.25) is 0 Å². The molecule has 0 spiro atoms. The lowest BCUT2D eigenvalue weighted by Crippen LogP contribution is -2.28. The first kappa shape index (κ1) is 16.6. The summed E-state index contributed by atoms with van der Waals surface area (Å²) in [7, 11) is 0. The van der Waals surface area contributed by atoms with E-state index in [-0.39, 0.29) is 5.91 Å². The number of amides is 1. The van der Waals surface area contributed by atoms with Gasteiger partial charge in [-0.15, -0.1) is 11.3 Å². The number of nitrogens with one attached hydrogen (secondary N) is 2. The van der Waals surface area contributed by atoms with Crippen LogP contribution in [0.4, 0.5) is 5.82 Å². The molecule has 9 heteroatoms. The molecule has 3 aromatic rings. The molecular weight excluding hydrogens is 392 g/mol. The van der Waals surface area contributed by atoms with Crippen molar-refractivity contribution >= 4 is 39.0 Å². The molecule has 0 aliphatic carbocycles. The number of hydrogen-bond acceptors (Lipinski definition) is 6. The van der Waals surface area contributed by atoms with Crippen LogP contribution in [0.25, 0.3) is 5.82 Å². The van der Waals surface area contributed by atoms with Gasteiger partial charge >= 0.3 is 0 Å². The van der Waals surface area contributed by atoms with Crippen molar-refractivity contribution in [3.8, 4) is 5.82 Å². The highest BCUT2D eigenvalue weighted by Gasteiger charge is 2.08. The number of carbonyl (C=O) groups is 1. The van der Waals surface area contributed by atoms with Crippen LogP contribution < -0.4 is 10.6 Å². The summed E-state index contributed by atoms with van der Waals surface area (Å²) < 4.78 is 2.59. The number of halogens is 1. The molecule has 3 rings (SSSR count). The van der Waals surface area contributed by atoms with E-state index < -0.39 is 0 Å². The van der Waals surface area contributed by atoms with Gasteiger partial charge in [0, 0.05) is 41.4 Å². The predicted octanol–water partition coefficient (Wildman–Crippen LogP) is 2.64. The Kier molecular flexibility index (Phi) is 5.21. The van der Waals surface area contributed by atoms with Crippen LogP contribution >= 0.6 is 27.3 Å². The van der Waals surface area contributed by atoms with Crippen molar-refractivity contribution in [1.29, 1.82) is 0 Å². The normalized spacial score (nSPS) is 10.6.